The van der Waals surface area contributed by atoms with E-state index in [1.54, 1.807) is 14.0 Å². The summed E-state index contributed by atoms with van der Waals surface area (Å²) in [5, 5.41) is 7.44. The lowest BCUT2D eigenvalue weighted by Gasteiger charge is -2.20. The minimum absolute atomic E-state index is 0.234. The summed E-state index contributed by atoms with van der Waals surface area (Å²) >= 11 is 6.05. The molecule has 1 unspecified atom stereocenters. The highest BCUT2D eigenvalue weighted by molar-refractivity contribution is 6.30. The predicted octanol–water partition coefficient (Wildman–Crippen LogP) is 3.25. The van der Waals surface area contributed by atoms with Crippen LogP contribution in [0.4, 0.5) is 13.2 Å². The Labute approximate surface area is 116 Å². The lowest BCUT2D eigenvalue weighted by molar-refractivity contribution is -0.139. The number of nitrogens with zero attached hydrogens (tertiary/aromatic N) is 2. The average Bonchev–Trinajstić information content (AvgIpc) is 2.51. The van der Waals surface area contributed by atoms with Gasteiger partial charge in [0.15, 0.2) is 0 Å². The zero-order valence-corrected chi connectivity index (χ0v) is 12.1. The molecule has 1 N–H and O–H groups in total. The molecular weight excluding hydrogens is 279 g/mol. The third-order valence-electron chi connectivity index (χ3n) is 2.88. The highest BCUT2D eigenvalue weighted by Crippen LogP contribution is 2.26. The highest BCUT2D eigenvalue weighted by atomic mass is 35.5. The van der Waals surface area contributed by atoms with Gasteiger partial charge in [-0.25, -0.2) is 0 Å². The summed E-state index contributed by atoms with van der Waals surface area (Å²) in [7, 11) is 1.68. The van der Waals surface area contributed by atoms with Crippen molar-refractivity contribution in [3.05, 3.63) is 16.4 Å². The first-order valence-electron chi connectivity index (χ1n) is 6.22. The molecule has 0 aliphatic rings. The normalized spacial score (nSPS) is 13.8. The van der Waals surface area contributed by atoms with Crippen LogP contribution in [0.1, 0.15) is 31.0 Å². The van der Waals surface area contributed by atoms with Gasteiger partial charge in [0.1, 0.15) is 5.15 Å². The van der Waals surface area contributed by atoms with Crippen LogP contribution in [0.5, 0.6) is 0 Å². The Hall–Kier alpha value is -0.750. The Bertz CT molecular complexity index is 415. The van der Waals surface area contributed by atoms with Crippen molar-refractivity contribution in [2.24, 2.45) is 7.05 Å². The minimum atomic E-state index is -4.19. The number of aromatic nitrogens is 2. The molecule has 1 heterocycles. The highest BCUT2D eigenvalue weighted by Gasteiger charge is 2.32. The number of rotatable bonds is 6. The molecule has 0 radical (unpaired) electrons. The molecule has 0 amide bonds. The van der Waals surface area contributed by atoms with Crippen molar-refractivity contribution in [2.45, 2.75) is 45.3 Å². The van der Waals surface area contributed by atoms with Gasteiger partial charge >= 0.3 is 6.18 Å². The van der Waals surface area contributed by atoms with Crippen LogP contribution in [0.25, 0.3) is 0 Å². The molecule has 0 bridgehead atoms. The zero-order valence-electron chi connectivity index (χ0n) is 11.3. The van der Waals surface area contributed by atoms with Crippen LogP contribution in [-0.4, -0.2) is 28.5 Å². The largest absolute Gasteiger partial charge is 0.390 e. The first-order valence-corrected chi connectivity index (χ1v) is 6.60. The molecule has 0 fully saturated rings. The Morgan fingerprint density at radius 1 is 1.42 bits per heavy atom. The number of hydrogen-bond acceptors (Lipinski definition) is 2. The Balaban J connectivity index is 2.81. The smallest absolute Gasteiger partial charge is 0.313 e. The van der Waals surface area contributed by atoms with E-state index in [4.69, 9.17) is 11.6 Å². The molecule has 1 aromatic rings. The molecule has 0 aliphatic carbocycles. The summed E-state index contributed by atoms with van der Waals surface area (Å²) in [5.41, 5.74) is 1.36. The number of hydrogen-bond donors (Lipinski definition) is 1. The van der Waals surface area contributed by atoms with Crippen LogP contribution < -0.4 is 5.32 Å². The lowest BCUT2D eigenvalue weighted by Crippen LogP contribution is -2.36. The number of halogens is 4. The zero-order chi connectivity index (χ0) is 14.6. The molecule has 7 heteroatoms. The van der Waals surface area contributed by atoms with Crippen molar-refractivity contribution < 1.29 is 13.2 Å². The third-order valence-corrected chi connectivity index (χ3v) is 3.35. The van der Waals surface area contributed by atoms with Crippen LogP contribution in [0.15, 0.2) is 0 Å². The van der Waals surface area contributed by atoms with Gasteiger partial charge < -0.3 is 5.32 Å². The summed E-state index contributed by atoms with van der Waals surface area (Å²) in [6, 6.07) is -0.666. The Morgan fingerprint density at radius 3 is 2.47 bits per heavy atom. The molecule has 110 valence electrons. The first-order chi connectivity index (χ1) is 8.74. The van der Waals surface area contributed by atoms with Gasteiger partial charge in [-0.05, 0) is 26.3 Å². The van der Waals surface area contributed by atoms with Crippen LogP contribution in [0.2, 0.25) is 5.15 Å². The van der Waals surface area contributed by atoms with E-state index in [1.807, 2.05) is 6.92 Å². The summed E-state index contributed by atoms with van der Waals surface area (Å²) in [6.45, 7) is 4.23. The van der Waals surface area contributed by atoms with E-state index in [0.717, 1.165) is 6.42 Å². The summed E-state index contributed by atoms with van der Waals surface area (Å²) < 4.78 is 39.1. The predicted molar refractivity (Wildman–Crippen MR) is 69.4 cm³/mol. The molecule has 1 aromatic heterocycles. The lowest BCUT2D eigenvalue weighted by atomic mass is 10.0. The van der Waals surface area contributed by atoms with Gasteiger partial charge in [-0.2, -0.15) is 18.3 Å². The molecule has 0 saturated heterocycles. The van der Waals surface area contributed by atoms with Crippen LogP contribution >= 0.6 is 11.6 Å². The van der Waals surface area contributed by atoms with E-state index in [2.05, 4.69) is 10.4 Å². The maximum absolute atomic E-state index is 12.5. The van der Waals surface area contributed by atoms with Crippen molar-refractivity contribution in [3.63, 3.8) is 0 Å². The monoisotopic (exact) mass is 297 g/mol. The number of nitrogens with one attached hydrogen (secondary N) is 1. The van der Waals surface area contributed by atoms with Crippen molar-refractivity contribution in [2.75, 3.05) is 6.54 Å². The second-order valence-electron chi connectivity index (χ2n) is 4.65. The van der Waals surface area contributed by atoms with Gasteiger partial charge in [-0.15, -0.1) is 0 Å². The quantitative estimate of drug-likeness (QED) is 0.873. The molecular formula is C12H19ClF3N3. The molecule has 0 saturated carbocycles. The van der Waals surface area contributed by atoms with Crippen molar-refractivity contribution in [1.82, 2.24) is 15.1 Å². The van der Waals surface area contributed by atoms with Crippen molar-refractivity contribution in [3.8, 4) is 0 Å². The van der Waals surface area contributed by atoms with Gasteiger partial charge in [-0.3, -0.25) is 4.68 Å². The fourth-order valence-corrected chi connectivity index (χ4v) is 2.25. The van der Waals surface area contributed by atoms with Gasteiger partial charge in [0.25, 0.3) is 0 Å². The molecule has 3 nitrogen and oxygen atoms in total. The summed E-state index contributed by atoms with van der Waals surface area (Å²) in [6.07, 6.45) is -4.03. The van der Waals surface area contributed by atoms with Crippen molar-refractivity contribution >= 4 is 11.6 Å². The Morgan fingerprint density at radius 2 is 2.05 bits per heavy atom. The van der Waals surface area contributed by atoms with E-state index in [1.165, 1.54) is 4.68 Å². The van der Waals surface area contributed by atoms with Gasteiger partial charge in [0.2, 0.25) is 0 Å². The van der Waals surface area contributed by atoms with Gasteiger partial charge in [0, 0.05) is 18.7 Å². The Kier molecular flexibility index (Phi) is 5.67. The fourth-order valence-electron chi connectivity index (χ4n) is 2.00. The first kappa shape index (κ1) is 16.3. The van der Waals surface area contributed by atoms with E-state index >= 15 is 0 Å². The molecule has 0 spiro atoms. The minimum Gasteiger partial charge on any atom is -0.313 e. The van der Waals surface area contributed by atoms with Gasteiger partial charge in [-0.1, -0.05) is 18.5 Å². The maximum atomic E-state index is 12.5. The van der Waals surface area contributed by atoms with Crippen LogP contribution in [0.3, 0.4) is 0 Å². The standard InChI is InChI=1S/C12H19ClF3N3/c1-4-5-17-9(7-12(14,15)16)6-10-8(2)18-19(3)11(10)13/h9,17H,4-7H2,1-3H3. The van der Waals surface area contributed by atoms with E-state index in [9.17, 15) is 13.2 Å². The number of aryl methyl sites for hydroxylation is 2. The number of alkyl halides is 3. The second kappa shape index (κ2) is 6.61. The molecule has 0 aliphatic heterocycles. The molecule has 1 atom stereocenters. The van der Waals surface area contributed by atoms with E-state index < -0.39 is 18.6 Å². The summed E-state index contributed by atoms with van der Waals surface area (Å²) in [5.74, 6) is 0. The molecule has 0 aromatic carbocycles. The third kappa shape index (κ3) is 5.03. The fraction of sp³-hybridized carbons (Fsp3) is 0.750. The van der Waals surface area contributed by atoms with Crippen LogP contribution in [-0.2, 0) is 13.5 Å². The molecule has 19 heavy (non-hydrogen) atoms. The van der Waals surface area contributed by atoms with E-state index in [0.29, 0.717) is 23.0 Å². The SMILES string of the molecule is CCCNC(Cc1c(C)nn(C)c1Cl)CC(F)(F)F. The molecule has 1 rings (SSSR count). The van der Waals surface area contributed by atoms with Crippen molar-refractivity contribution in [1.29, 1.82) is 0 Å². The van der Waals surface area contributed by atoms with Gasteiger partial charge in [0.05, 0.1) is 12.1 Å². The average molecular weight is 298 g/mol. The second-order valence-corrected chi connectivity index (χ2v) is 5.01. The maximum Gasteiger partial charge on any atom is 0.390 e. The van der Waals surface area contributed by atoms with E-state index in [-0.39, 0.29) is 6.42 Å². The topological polar surface area (TPSA) is 29.9 Å². The summed E-state index contributed by atoms with van der Waals surface area (Å²) in [4.78, 5) is 0. The van der Waals surface area contributed by atoms with Crippen LogP contribution in [0, 0.1) is 6.92 Å².